The minimum atomic E-state index is -1.31. The summed E-state index contributed by atoms with van der Waals surface area (Å²) in [6, 6.07) is -0.131. The molecular formula is C16H18F3NO3. The molecule has 1 N–H and O–H groups in total. The molecular weight excluding hydrogens is 311 g/mol. The fourth-order valence-corrected chi connectivity index (χ4v) is 2.94. The van der Waals surface area contributed by atoms with Crippen LogP contribution in [0.15, 0.2) is 12.1 Å². The van der Waals surface area contributed by atoms with Gasteiger partial charge in [-0.05, 0) is 18.8 Å². The predicted molar refractivity (Wildman–Crippen MR) is 76.2 cm³/mol. The fourth-order valence-electron chi connectivity index (χ4n) is 2.94. The largest absolute Gasteiger partial charge is 0.467 e. The molecule has 1 saturated carbocycles. The Balaban J connectivity index is 2.22. The van der Waals surface area contributed by atoms with Gasteiger partial charge in [-0.1, -0.05) is 19.3 Å². The Morgan fingerprint density at radius 2 is 1.70 bits per heavy atom. The van der Waals surface area contributed by atoms with E-state index < -0.39 is 40.9 Å². The van der Waals surface area contributed by atoms with Crippen molar-refractivity contribution < 1.29 is 27.5 Å². The molecule has 4 nitrogen and oxygen atoms in total. The Bertz CT molecular complexity index is 577. The first-order valence-electron chi connectivity index (χ1n) is 7.47. The van der Waals surface area contributed by atoms with Gasteiger partial charge in [-0.2, -0.15) is 0 Å². The smallest absolute Gasteiger partial charge is 0.328 e. The zero-order valence-electron chi connectivity index (χ0n) is 12.7. The molecule has 1 aliphatic rings. The average Bonchev–Trinajstić information content (AvgIpc) is 2.51. The molecule has 23 heavy (non-hydrogen) atoms. The van der Waals surface area contributed by atoms with Gasteiger partial charge < -0.3 is 10.1 Å². The average molecular weight is 329 g/mol. The summed E-state index contributed by atoms with van der Waals surface area (Å²) >= 11 is 0. The van der Waals surface area contributed by atoms with E-state index in [4.69, 9.17) is 0 Å². The van der Waals surface area contributed by atoms with Crippen LogP contribution in [0.2, 0.25) is 0 Å². The first-order chi connectivity index (χ1) is 10.9. The number of halogens is 3. The first kappa shape index (κ1) is 17.3. The minimum Gasteiger partial charge on any atom is -0.467 e. The van der Waals surface area contributed by atoms with Crippen molar-refractivity contribution >= 4 is 11.9 Å². The van der Waals surface area contributed by atoms with Crippen molar-refractivity contribution in [2.24, 2.45) is 5.92 Å². The second-order valence-corrected chi connectivity index (χ2v) is 5.62. The standard InChI is InChI=1S/C16H18F3NO3/c1-23-16(22)14(9-5-3-2-4-6-9)20-15(21)13-11(18)7-10(17)8-12(13)19/h7-9,14H,2-6H2,1H3,(H,20,21)/t14-/m1/s1. The molecule has 1 aromatic rings. The van der Waals surface area contributed by atoms with Gasteiger partial charge in [0.15, 0.2) is 0 Å². The normalized spacial score (nSPS) is 16.7. The first-order valence-corrected chi connectivity index (χ1v) is 7.47. The number of hydrogen-bond acceptors (Lipinski definition) is 3. The molecule has 0 bridgehead atoms. The Hall–Kier alpha value is -2.05. The highest BCUT2D eigenvalue weighted by Gasteiger charge is 2.33. The van der Waals surface area contributed by atoms with Crippen LogP contribution in [0.1, 0.15) is 42.5 Å². The van der Waals surface area contributed by atoms with E-state index in [0.717, 1.165) is 19.3 Å². The molecule has 1 amide bonds. The number of carbonyl (C=O) groups is 2. The zero-order valence-corrected chi connectivity index (χ0v) is 12.7. The van der Waals surface area contributed by atoms with Crippen LogP contribution >= 0.6 is 0 Å². The van der Waals surface area contributed by atoms with Crippen LogP contribution in [0, 0.1) is 23.4 Å². The molecule has 126 valence electrons. The summed E-state index contributed by atoms with van der Waals surface area (Å²) in [6.45, 7) is 0. The molecule has 0 spiro atoms. The lowest BCUT2D eigenvalue weighted by Gasteiger charge is -2.29. The van der Waals surface area contributed by atoms with Crippen molar-refractivity contribution in [2.75, 3.05) is 7.11 Å². The molecule has 0 radical (unpaired) electrons. The quantitative estimate of drug-likeness (QED) is 0.864. The number of benzene rings is 1. The summed E-state index contributed by atoms with van der Waals surface area (Å²) in [5, 5.41) is 2.34. The summed E-state index contributed by atoms with van der Waals surface area (Å²) in [6.07, 6.45) is 4.29. The Morgan fingerprint density at radius 1 is 1.13 bits per heavy atom. The summed E-state index contributed by atoms with van der Waals surface area (Å²) in [4.78, 5) is 24.1. The highest BCUT2D eigenvalue weighted by atomic mass is 19.1. The van der Waals surface area contributed by atoms with Gasteiger partial charge >= 0.3 is 5.97 Å². The van der Waals surface area contributed by atoms with Gasteiger partial charge in [-0.15, -0.1) is 0 Å². The lowest BCUT2D eigenvalue weighted by Crippen LogP contribution is -2.47. The minimum absolute atomic E-state index is 0.147. The number of nitrogens with one attached hydrogen (secondary N) is 1. The van der Waals surface area contributed by atoms with E-state index >= 15 is 0 Å². The molecule has 1 fully saturated rings. The van der Waals surface area contributed by atoms with E-state index in [0.29, 0.717) is 25.0 Å². The lowest BCUT2D eigenvalue weighted by atomic mass is 9.83. The lowest BCUT2D eigenvalue weighted by molar-refractivity contribution is -0.144. The van der Waals surface area contributed by atoms with Gasteiger partial charge in [0.05, 0.1) is 7.11 Å². The summed E-state index contributed by atoms with van der Waals surface area (Å²) < 4.78 is 45.0. The molecule has 2 rings (SSSR count). The van der Waals surface area contributed by atoms with Crippen LogP contribution < -0.4 is 5.32 Å². The molecule has 0 heterocycles. The van der Waals surface area contributed by atoms with Gasteiger partial charge in [0.1, 0.15) is 29.1 Å². The molecule has 0 unspecified atom stereocenters. The molecule has 0 aliphatic heterocycles. The third-order valence-corrected chi connectivity index (χ3v) is 4.10. The molecule has 1 atom stereocenters. The maximum Gasteiger partial charge on any atom is 0.328 e. The predicted octanol–water partition coefficient (Wildman–Crippen LogP) is 2.96. The number of rotatable bonds is 4. The van der Waals surface area contributed by atoms with Gasteiger partial charge in [0.25, 0.3) is 5.91 Å². The summed E-state index contributed by atoms with van der Waals surface area (Å²) in [7, 11) is 1.18. The van der Waals surface area contributed by atoms with E-state index in [1.807, 2.05) is 0 Å². The molecule has 7 heteroatoms. The number of ether oxygens (including phenoxy) is 1. The fraction of sp³-hybridized carbons (Fsp3) is 0.500. The van der Waals surface area contributed by atoms with Crippen molar-refractivity contribution in [1.82, 2.24) is 5.32 Å². The van der Waals surface area contributed by atoms with Crippen molar-refractivity contribution in [3.05, 3.63) is 35.1 Å². The molecule has 1 aliphatic carbocycles. The third kappa shape index (κ3) is 4.03. The van der Waals surface area contributed by atoms with Crippen molar-refractivity contribution in [3.63, 3.8) is 0 Å². The SMILES string of the molecule is COC(=O)[C@H](NC(=O)c1c(F)cc(F)cc1F)C1CCCCC1. The molecule has 1 aromatic carbocycles. The number of methoxy groups -OCH3 is 1. The Kier molecular flexibility index (Phi) is 5.63. The number of amides is 1. The summed E-state index contributed by atoms with van der Waals surface area (Å²) in [5.74, 6) is -5.64. The Labute approximate surface area is 132 Å². The van der Waals surface area contributed by atoms with Crippen LogP contribution in [-0.4, -0.2) is 25.0 Å². The number of esters is 1. The van der Waals surface area contributed by atoms with Crippen molar-refractivity contribution in [2.45, 2.75) is 38.1 Å². The van der Waals surface area contributed by atoms with Crippen LogP contribution in [0.4, 0.5) is 13.2 Å². The highest BCUT2D eigenvalue weighted by molar-refractivity contribution is 5.97. The van der Waals surface area contributed by atoms with Gasteiger partial charge in [0, 0.05) is 12.1 Å². The van der Waals surface area contributed by atoms with Gasteiger partial charge in [-0.25, -0.2) is 18.0 Å². The Morgan fingerprint density at radius 3 is 2.22 bits per heavy atom. The highest BCUT2D eigenvalue weighted by Crippen LogP contribution is 2.27. The van der Waals surface area contributed by atoms with E-state index in [9.17, 15) is 22.8 Å². The van der Waals surface area contributed by atoms with E-state index in [1.54, 1.807) is 0 Å². The van der Waals surface area contributed by atoms with E-state index in [2.05, 4.69) is 10.1 Å². The molecule has 0 saturated heterocycles. The van der Waals surface area contributed by atoms with Gasteiger partial charge in [0.2, 0.25) is 0 Å². The summed E-state index contributed by atoms with van der Waals surface area (Å²) in [5.41, 5.74) is -0.906. The number of hydrogen-bond donors (Lipinski definition) is 1. The van der Waals surface area contributed by atoms with E-state index in [1.165, 1.54) is 7.11 Å². The van der Waals surface area contributed by atoms with Crippen LogP contribution in [0.25, 0.3) is 0 Å². The second kappa shape index (κ2) is 7.48. The number of carbonyl (C=O) groups excluding carboxylic acids is 2. The van der Waals surface area contributed by atoms with Crippen molar-refractivity contribution in [1.29, 1.82) is 0 Å². The van der Waals surface area contributed by atoms with Crippen LogP contribution in [-0.2, 0) is 9.53 Å². The van der Waals surface area contributed by atoms with Gasteiger partial charge in [-0.3, -0.25) is 4.79 Å². The topological polar surface area (TPSA) is 55.4 Å². The zero-order chi connectivity index (χ0) is 17.0. The third-order valence-electron chi connectivity index (χ3n) is 4.10. The van der Waals surface area contributed by atoms with Crippen LogP contribution in [0.3, 0.4) is 0 Å². The molecule has 0 aromatic heterocycles. The monoisotopic (exact) mass is 329 g/mol. The maximum atomic E-state index is 13.7. The van der Waals surface area contributed by atoms with E-state index in [-0.39, 0.29) is 5.92 Å². The maximum absolute atomic E-state index is 13.7. The second-order valence-electron chi connectivity index (χ2n) is 5.62. The van der Waals surface area contributed by atoms with Crippen molar-refractivity contribution in [3.8, 4) is 0 Å². The van der Waals surface area contributed by atoms with Crippen LogP contribution in [0.5, 0.6) is 0 Å².